The van der Waals surface area contributed by atoms with Gasteiger partial charge in [-0.25, -0.2) is 4.79 Å². The van der Waals surface area contributed by atoms with Crippen molar-refractivity contribution in [1.82, 2.24) is 16.0 Å². The fourth-order valence-electron chi connectivity index (χ4n) is 1.97. The van der Waals surface area contributed by atoms with E-state index < -0.39 is 6.03 Å². The zero-order valence-electron chi connectivity index (χ0n) is 13.4. The van der Waals surface area contributed by atoms with E-state index in [0.29, 0.717) is 36.6 Å². The highest BCUT2D eigenvalue weighted by atomic mass is 35.5. The minimum atomic E-state index is -0.534. The molecule has 0 saturated heterocycles. The van der Waals surface area contributed by atoms with Gasteiger partial charge in [0.2, 0.25) is 5.91 Å². The summed E-state index contributed by atoms with van der Waals surface area (Å²) in [5.74, 6) is -0.263. The summed E-state index contributed by atoms with van der Waals surface area (Å²) in [5.41, 5.74) is 5.46. The minimum Gasteiger partial charge on any atom is -0.354 e. The van der Waals surface area contributed by atoms with E-state index in [9.17, 15) is 14.4 Å². The van der Waals surface area contributed by atoms with E-state index in [4.69, 9.17) is 17.3 Å². The van der Waals surface area contributed by atoms with Gasteiger partial charge in [0, 0.05) is 36.6 Å². The number of amides is 4. The maximum Gasteiger partial charge on any atom is 0.312 e. The van der Waals surface area contributed by atoms with E-state index in [-0.39, 0.29) is 11.8 Å². The average Bonchev–Trinajstić information content (AvgIpc) is 2.55. The van der Waals surface area contributed by atoms with Gasteiger partial charge < -0.3 is 21.7 Å². The molecule has 1 aromatic carbocycles. The summed E-state index contributed by atoms with van der Waals surface area (Å²) in [7, 11) is 0. The van der Waals surface area contributed by atoms with Crippen molar-refractivity contribution in [3.63, 3.8) is 0 Å². The van der Waals surface area contributed by atoms with Gasteiger partial charge in [-0.2, -0.15) is 0 Å². The highest BCUT2D eigenvalue weighted by molar-refractivity contribution is 6.30. The van der Waals surface area contributed by atoms with E-state index in [1.165, 1.54) is 0 Å². The molecule has 8 heteroatoms. The fraction of sp³-hybridized carbons (Fsp3) is 0.438. The molecule has 0 fully saturated rings. The molecule has 0 aliphatic heterocycles. The standard InChI is InChI=1S/C16H23ClN4O3/c17-13-7-5-12(6-8-13)15(23)20-11-10-19-14(22)4-2-1-3-9-21-16(18)24/h5-8H,1-4,9-11H2,(H,19,22)(H,20,23)(H3,18,21,24). The molecular weight excluding hydrogens is 332 g/mol. The lowest BCUT2D eigenvalue weighted by Crippen LogP contribution is -2.34. The van der Waals surface area contributed by atoms with Crippen molar-refractivity contribution < 1.29 is 14.4 Å². The number of halogens is 1. The quantitative estimate of drug-likeness (QED) is 0.476. The van der Waals surface area contributed by atoms with Gasteiger partial charge in [0.1, 0.15) is 0 Å². The number of unbranched alkanes of at least 4 members (excludes halogenated alkanes) is 2. The number of benzene rings is 1. The first-order chi connectivity index (χ1) is 11.5. The van der Waals surface area contributed by atoms with Crippen LogP contribution >= 0.6 is 11.6 Å². The number of hydrogen-bond donors (Lipinski definition) is 4. The number of nitrogens with one attached hydrogen (secondary N) is 3. The van der Waals surface area contributed by atoms with Gasteiger partial charge in [-0.15, -0.1) is 0 Å². The SMILES string of the molecule is NC(=O)NCCCCCC(=O)NCCNC(=O)c1ccc(Cl)cc1. The molecule has 132 valence electrons. The van der Waals surface area contributed by atoms with Crippen molar-refractivity contribution in [2.75, 3.05) is 19.6 Å². The van der Waals surface area contributed by atoms with Crippen molar-refractivity contribution in [2.24, 2.45) is 5.73 Å². The van der Waals surface area contributed by atoms with Gasteiger partial charge in [-0.05, 0) is 37.1 Å². The van der Waals surface area contributed by atoms with Crippen LogP contribution in [0.2, 0.25) is 5.02 Å². The van der Waals surface area contributed by atoms with Crippen molar-refractivity contribution in [1.29, 1.82) is 0 Å². The summed E-state index contributed by atoms with van der Waals surface area (Å²) in [5, 5.41) is 8.53. The van der Waals surface area contributed by atoms with Crippen molar-refractivity contribution in [3.8, 4) is 0 Å². The van der Waals surface area contributed by atoms with E-state index in [1.54, 1.807) is 24.3 Å². The van der Waals surface area contributed by atoms with Crippen molar-refractivity contribution in [2.45, 2.75) is 25.7 Å². The fourth-order valence-corrected chi connectivity index (χ4v) is 2.09. The lowest BCUT2D eigenvalue weighted by molar-refractivity contribution is -0.121. The Morgan fingerprint density at radius 3 is 2.21 bits per heavy atom. The van der Waals surface area contributed by atoms with Crippen LogP contribution in [0.1, 0.15) is 36.0 Å². The Bertz CT molecular complexity index is 549. The molecule has 0 aliphatic rings. The third-order valence-corrected chi connectivity index (χ3v) is 3.47. The predicted octanol–water partition coefficient (Wildman–Crippen LogP) is 1.41. The van der Waals surface area contributed by atoms with Crippen LogP contribution in [-0.2, 0) is 4.79 Å². The molecule has 4 amide bonds. The Kier molecular flexibility index (Phi) is 9.29. The van der Waals surface area contributed by atoms with Crippen LogP contribution in [0.4, 0.5) is 4.79 Å². The summed E-state index contributed by atoms with van der Waals surface area (Å²) >= 11 is 5.76. The van der Waals surface area contributed by atoms with Crippen LogP contribution in [-0.4, -0.2) is 37.5 Å². The molecule has 0 saturated carbocycles. The van der Waals surface area contributed by atoms with Crippen LogP contribution in [0, 0.1) is 0 Å². The Balaban J connectivity index is 2.04. The highest BCUT2D eigenvalue weighted by Gasteiger charge is 2.05. The van der Waals surface area contributed by atoms with E-state index in [2.05, 4.69) is 16.0 Å². The molecule has 0 radical (unpaired) electrons. The predicted molar refractivity (Wildman–Crippen MR) is 92.8 cm³/mol. The number of rotatable bonds is 10. The molecule has 0 unspecified atom stereocenters. The zero-order valence-corrected chi connectivity index (χ0v) is 14.2. The molecule has 0 heterocycles. The molecule has 0 atom stereocenters. The maximum absolute atomic E-state index is 11.8. The Morgan fingerprint density at radius 2 is 1.54 bits per heavy atom. The monoisotopic (exact) mass is 354 g/mol. The molecule has 7 nitrogen and oxygen atoms in total. The topological polar surface area (TPSA) is 113 Å². The molecule has 24 heavy (non-hydrogen) atoms. The van der Waals surface area contributed by atoms with E-state index in [1.807, 2.05) is 0 Å². The van der Waals surface area contributed by atoms with E-state index in [0.717, 1.165) is 19.3 Å². The average molecular weight is 355 g/mol. The smallest absolute Gasteiger partial charge is 0.312 e. The number of carbonyl (C=O) groups is 3. The lowest BCUT2D eigenvalue weighted by Gasteiger charge is -2.07. The van der Waals surface area contributed by atoms with Crippen LogP contribution in [0.15, 0.2) is 24.3 Å². The molecule has 1 aromatic rings. The molecular formula is C16H23ClN4O3. The second-order valence-electron chi connectivity index (χ2n) is 5.21. The third kappa shape index (κ3) is 8.99. The molecule has 5 N–H and O–H groups in total. The van der Waals surface area contributed by atoms with Gasteiger partial charge in [0.05, 0.1) is 0 Å². The van der Waals surface area contributed by atoms with Gasteiger partial charge >= 0.3 is 6.03 Å². The van der Waals surface area contributed by atoms with Gasteiger partial charge in [0.15, 0.2) is 0 Å². The van der Waals surface area contributed by atoms with Gasteiger partial charge in [0.25, 0.3) is 5.91 Å². The van der Waals surface area contributed by atoms with Crippen LogP contribution in [0.25, 0.3) is 0 Å². The lowest BCUT2D eigenvalue weighted by atomic mass is 10.2. The molecule has 1 rings (SSSR count). The van der Waals surface area contributed by atoms with Crippen LogP contribution in [0.5, 0.6) is 0 Å². The Labute approximate surface area is 146 Å². The second-order valence-corrected chi connectivity index (χ2v) is 5.65. The zero-order chi connectivity index (χ0) is 17.8. The molecule has 0 aliphatic carbocycles. The number of primary amides is 1. The minimum absolute atomic E-state index is 0.0568. The number of urea groups is 1. The maximum atomic E-state index is 11.8. The first-order valence-electron chi connectivity index (χ1n) is 7.83. The highest BCUT2D eigenvalue weighted by Crippen LogP contribution is 2.09. The summed E-state index contributed by atoms with van der Waals surface area (Å²) < 4.78 is 0. The number of nitrogens with two attached hydrogens (primary N) is 1. The third-order valence-electron chi connectivity index (χ3n) is 3.22. The van der Waals surface area contributed by atoms with Gasteiger partial charge in [-0.1, -0.05) is 18.0 Å². The first-order valence-corrected chi connectivity index (χ1v) is 8.20. The normalized spacial score (nSPS) is 10.0. The van der Waals surface area contributed by atoms with Crippen LogP contribution < -0.4 is 21.7 Å². The Hall–Kier alpha value is -2.28. The summed E-state index contributed by atoms with van der Waals surface area (Å²) in [6, 6.07) is 6.05. The molecule has 0 bridgehead atoms. The largest absolute Gasteiger partial charge is 0.354 e. The molecule has 0 spiro atoms. The van der Waals surface area contributed by atoms with Crippen LogP contribution in [0.3, 0.4) is 0 Å². The molecule has 0 aromatic heterocycles. The summed E-state index contributed by atoms with van der Waals surface area (Å²) in [4.78, 5) is 33.9. The number of carbonyl (C=O) groups excluding carboxylic acids is 3. The van der Waals surface area contributed by atoms with Gasteiger partial charge in [-0.3, -0.25) is 9.59 Å². The summed E-state index contributed by atoms with van der Waals surface area (Å²) in [6.07, 6.45) is 2.78. The summed E-state index contributed by atoms with van der Waals surface area (Å²) in [6.45, 7) is 1.25. The van der Waals surface area contributed by atoms with E-state index >= 15 is 0 Å². The first kappa shape index (κ1) is 19.8. The Morgan fingerprint density at radius 1 is 0.875 bits per heavy atom. The second kappa shape index (κ2) is 11.3. The van der Waals surface area contributed by atoms with Crippen molar-refractivity contribution in [3.05, 3.63) is 34.9 Å². The van der Waals surface area contributed by atoms with Crippen molar-refractivity contribution >= 4 is 29.4 Å². The number of hydrogen-bond acceptors (Lipinski definition) is 3.